The molecule has 10 aromatic rings. The number of fused-ring (bicyclic) bond motifs is 12. The molecular formula is C49H33N3. The first-order valence-electron chi connectivity index (χ1n) is 18.0. The molecular weight excluding hydrogens is 631 g/mol. The van der Waals surface area contributed by atoms with E-state index in [2.05, 4.69) is 170 Å². The Morgan fingerprint density at radius 2 is 0.904 bits per heavy atom. The van der Waals surface area contributed by atoms with Crippen molar-refractivity contribution in [3.8, 4) is 39.1 Å². The van der Waals surface area contributed by atoms with Crippen LogP contribution in [0.25, 0.3) is 93.5 Å². The lowest BCUT2D eigenvalue weighted by Gasteiger charge is -2.23. The van der Waals surface area contributed by atoms with E-state index < -0.39 is 0 Å². The number of rotatable bonds is 3. The van der Waals surface area contributed by atoms with Crippen LogP contribution in [0.1, 0.15) is 25.0 Å². The van der Waals surface area contributed by atoms with Crippen molar-refractivity contribution in [2.24, 2.45) is 0 Å². The van der Waals surface area contributed by atoms with Crippen molar-refractivity contribution < 1.29 is 0 Å². The average Bonchev–Trinajstić information content (AvgIpc) is 3.66. The Labute approximate surface area is 301 Å². The lowest BCUT2D eigenvalue weighted by atomic mass is 9.80. The maximum Gasteiger partial charge on any atom is 0.0971 e. The Morgan fingerprint density at radius 1 is 0.404 bits per heavy atom. The third kappa shape index (κ3) is 4.08. The zero-order valence-corrected chi connectivity index (χ0v) is 28.9. The molecule has 0 amide bonds. The highest BCUT2D eigenvalue weighted by Crippen LogP contribution is 2.51. The predicted octanol–water partition coefficient (Wildman–Crippen LogP) is 12.7. The van der Waals surface area contributed by atoms with Gasteiger partial charge < -0.3 is 4.57 Å². The van der Waals surface area contributed by atoms with E-state index >= 15 is 0 Å². The van der Waals surface area contributed by atoms with E-state index in [1.165, 1.54) is 82.8 Å². The van der Waals surface area contributed by atoms with Crippen molar-refractivity contribution in [3.05, 3.63) is 175 Å². The van der Waals surface area contributed by atoms with Crippen molar-refractivity contribution in [3.63, 3.8) is 0 Å². The summed E-state index contributed by atoms with van der Waals surface area (Å²) in [6.07, 6.45) is 3.57. The third-order valence-electron chi connectivity index (χ3n) is 11.5. The summed E-state index contributed by atoms with van der Waals surface area (Å²) in [6, 6.07) is 55.9. The molecule has 0 spiro atoms. The fourth-order valence-electron chi connectivity index (χ4n) is 8.93. The van der Waals surface area contributed by atoms with E-state index in [9.17, 15) is 0 Å². The molecule has 2 heterocycles. The molecule has 0 aliphatic heterocycles. The van der Waals surface area contributed by atoms with Crippen LogP contribution in [0.3, 0.4) is 0 Å². The van der Waals surface area contributed by atoms with Crippen LogP contribution in [-0.4, -0.2) is 14.5 Å². The van der Waals surface area contributed by atoms with Gasteiger partial charge in [-0.25, -0.2) is 0 Å². The number of benzene rings is 8. The molecule has 1 aliphatic rings. The van der Waals surface area contributed by atoms with Crippen molar-refractivity contribution in [2.75, 3.05) is 0 Å². The van der Waals surface area contributed by atoms with Gasteiger partial charge in [-0.1, -0.05) is 123 Å². The van der Waals surface area contributed by atoms with Crippen LogP contribution in [0, 0.1) is 0 Å². The van der Waals surface area contributed by atoms with Crippen LogP contribution in [-0.2, 0) is 5.41 Å². The smallest absolute Gasteiger partial charge is 0.0971 e. The Bertz CT molecular complexity index is 3020. The second-order valence-corrected chi connectivity index (χ2v) is 14.6. The van der Waals surface area contributed by atoms with Gasteiger partial charge in [-0.3, -0.25) is 9.97 Å². The lowest BCUT2D eigenvalue weighted by Crippen LogP contribution is -2.15. The molecule has 2 aromatic heterocycles. The largest absolute Gasteiger partial charge is 0.309 e. The first kappa shape index (κ1) is 29.2. The fourth-order valence-corrected chi connectivity index (χ4v) is 8.93. The van der Waals surface area contributed by atoms with Gasteiger partial charge in [-0.2, -0.15) is 0 Å². The molecule has 0 atom stereocenters. The summed E-state index contributed by atoms with van der Waals surface area (Å²) in [5.74, 6) is 0. The van der Waals surface area contributed by atoms with Crippen LogP contribution >= 0.6 is 0 Å². The van der Waals surface area contributed by atoms with Gasteiger partial charge in [0, 0.05) is 45.0 Å². The van der Waals surface area contributed by atoms with Crippen LogP contribution in [0.15, 0.2) is 164 Å². The summed E-state index contributed by atoms with van der Waals surface area (Å²) < 4.78 is 2.40. The summed E-state index contributed by atoms with van der Waals surface area (Å²) >= 11 is 0. The van der Waals surface area contributed by atoms with Crippen LogP contribution in [0.4, 0.5) is 0 Å². The summed E-state index contributed by atoms with van der Waals surface area (Å²) in [5, 5.41) is 7.24. The quantitative estimate of drug-likeness (QED) is 0.176. The van der Waals surface area contributed by atoms with Crippen molar-refractivity contribution in [2.45, 2.75) is 19.3 Å². The number of hydrogen-bond donors (Lipinski definition) is 0. The maximum atomic E-state index is 4.76. The molecule has 0 fully saturated rings. The number of nitrogens with zero attached hydrogens (tertiary/aromatic N) is 3. The van der Waals surface area contributed by atoms with Crippen molar-refractivity contribution in [1.29, 1.82) is 0 Å². The molecule has 244 valence electrons. The van der Waals surface area contributed by atoms with E-state index in [-0.39, 0.29) is 5.41 Å². The monoisotopic (exact) mass is 663 g/mol. The fraction of sp³-hybridized carbons (Fsp3) is 0.0612. The zero-order valence-electron chi connectivity index (χ0n) is 28.9. The molecule has 11 rings (SSSR count). The van der Waals surface area contributed by atoms with E-state index in [0.29, 0.717) is 0 Å². The minimum atomic E-state index is -0.156. The van der Waals surface area contributed by atoms with Gasteiger partial charge in [-0.15, -0.1) is 0 Å². The molecule has 0 saturated heterocycles. The lowest BCUT2D eigenvalue weighted by molar-refractivity contribution is 0.661. The standard InChI is InChI=1S/C49H33N3/c1-49(2)43-28-32(30-10-9-11-34(26-30)52-45-16-7-5-13-38(45)39-14-6-8-17-46(39)52)18-21-36(43)37-22-19-33(29-44(37)49)31-20-23-41-42(27-31)35-12-3-4-15-40(35)47-48(41)51-25-24-50-47/h3-29H,1-2H3. The summed E-state index contributed by atoms with van der Waals surface area (Å²) in [7, 11) is 0. The van der Waals surface area contributed by atoms with E-state index in [1.54, 1.807) is 12.4 Å². The second-order valence-electron chi connectivity index (χ2n) is 14.6. The first-order chi connectivity index (χ1) is 25.5. The molecule has 0 bridgehead atoms. The Hall–Kier alpha value is -6.58. The van der Waals surface area contributed by atoms with Gasteiger partial charge >= 0.3 is 0 Å². The molecule has 0 saturated carbocycles. The molecule has 0 unspecified atom stereocenters. The average molecular weight is 664 g/mol. The van der Waals surface area contributed by atoms with Gasteiger partial charge in [-0.05, 0) is 97.7 Å². The van der Waals surface area contributed by atoms with Crippen LogP contribution in [0.2, 0.25) is 0 Å². The van der Waals surface area contributed by atoms with E-state index in [1.807, 2.05) is 0 Å². The normalized spacial score (nSPS) is 13.3. The second kappa shape index (κ2) is 10.7. The molecule has 8 aromatic carbocycles. The maximum absolute atomic E-state index is 4.76. The van der Waals surface area contributed by atoms with Crippen molar-refractivity contribution >= 4 is 54.4 Å². The zero-order chi connectivity index (χ0) is 34.6. The summed E-state index contributed by atoms with van der Waals surface area (Å²) in [4.78, 5) is 9.47. The Kier molecular flexibility index (Phi) is 6.01. The Balaban J connectivity index is 1.00. The van der Waals surface area contributed by atoms with Gasteiger partial charge in [0.1, 0.15) is 0 Å². The summed E-state index contributed by atoms with van der Waals surface area (Å²) in [6.45, 7) is 4.75. The SMILES string of the molecule is CC1(C)c2cc(-c3cccc(-n4c5ccccc5c5ccccc54)c3)ccc2-c2ccc(-c3ccc4c(c3)c3ccccc3c3nccnc43)cc21. The molecule has 3 nitrogen and oxygen atoms in total. The highest BCUT2D eigenvalue weighted by Gasteiger charge is 2.36. The molecule has 0 radical (unpaired) electrons. The van der Waals surface area contributed by atoms with Gasteiger partial charge in [0.15, 0.2) is 0 Å². The molecule has 0 N–H and O–H groups in total. The van der Waals surface area contributed by atoms with Gasteiger partial charge in [0.25, 0.3) is 0 Å². The first-order valence-corrected chi connectivity index (χ1v) is 18.0. The third-order valence-corrected chi connectivity index (χ3v) is 11.5. The van der Waals surface area contributed by atoms with Crippen LogP contribution < -0.4 is 0 Å². The van der Waals surface area contributed by atoms with Gasteiger partial charge in [0.05, 0.1) is 22.1 Å². The molecule has 52 heavy (non-hydrogen) atoms. The number of para-hydroxylation sites is 2. The Morgan fingerprint density at radius 3 is 1.54 bits per heavy atom. The number of aromatic nitrogens is 3. The van der Waals surface area contributed by atoms with Crippen LogP contribution in [0.5, 0.6) is 0 Å². The summed E-state index contributed by atoms with van der Waals surface area (Å²) in [5.41, 5.74) is 15.6. The minimum Gasteiger partial charge on any atom is -0.309 e. The van der Waals surface area contributed by atoms with Gasteiger partial charge in [0.2, 0.25) is 0 Å². The minimum absolute atomic E-state index is 0.156. The highest BCUT2D eigenvalue weighted by atomic mass is 15.0. The topological polar surface area (TPSA) is 30.7 Å². The highest BCUT2D eigenvalue weighted by molar-refractivity contribution is 6.23. The molecule has 1 aliphatic carbocycles. The van der Waals surface area contributed by atoms with E-state index in [0.717, 1.165) is 21.8 Å². The predicted molar refractivity (Wildman–Crippen MR) is 217 cm³/mol. The molecule has 3 heteroatoms. The van der Waals surface area contributed by atoms with Crippen molar-refractivity contribution in [1.82, 2.24) is 14.5 Å². The number of hydrogen-bond acceptors (Lipinski definition) is 2. The van der Waals surface area contributed by atoms with E-state index in [4.69, 9.17) is 9.97 Å².